The Morgan fingerprint density at radius 2 is 1.67 bits per heavy atom. The van der Waals surface area contributed by atoms with E-state index in [-0.39, 0.29) is 44.4 Å². The fourth-order valence-corrected chi connectivity index (χ4v) is 6.83. The van der Waals surface area contributed by atoms with Crippen LogP contribution in [0.15, 0.2) is 76.8 Å². The van der Waals surface area contributed by atoms with E-state index < -0.39 is 33.6 Å². The molecule has 0 atom stereocenters. The van der Waals surface area contributed by atoms with Gasteiger partial charge < -0.3 is 10.6 Å². The summed E-state index contributed by atoms with van der Waals surface area (Å²) in [6.07, 6.45) is -4.62. The lowest BCUT2D eigenvalue weighted by Gasteiger charge is -2.18. The molecule has 4 rings (SSSR count). The molecule has 2 amide bonds. The summed E-state index contributed by atoms with van der Waals surface area (Å²) in [5.41, 5.74) is -0.420. The minimum Gasteiger partial charge on any atom is -0.345 e. The highest BCUT2D eigenvalue weighted by Crippen LogP contribution is 2.34. The van der Waals surface area contributed by atoms with Crippen molar-refractivity contribution in [1.29, 1.82) is 0 Å². The van der Waals surface area contributed by atoms with E-state index in [0.717, 1.165) is 30.0 Å². The Labute approximate surface area is 277 Å². The van der Waals surface area contributed by atoms with E-state index >= 15 is 0 Å². The summed E-state index contributed by atoms with van der Waals surface area (Å²) in [5, 5.41) is 14.0. The van der Waals surface area contributed by atoms with E-state index in [2.05, 4.69) is 20.8 Å². The summed E-state index contributed by atoms with van der Waals surface area (Å²) < 4.78 is 67.8. The third-order valence-electron chi connectivity index (χ3n) is 6.53. The van der Waals surface area contributed by atoms with Crippen LogP contribution in [0.25, 0.3) is 5.69 Å². The van der Waals surface area contributed by atoms with Crippen molar-refractivity contribution in [3.63, 3.8) is 0 Å². The number of benzene rings is 3. The second-order valence-corrected chi connectivity index (χ2v) is 13.3. The van der Waals surface area contributed by atoms with Crippen LogP contribution in [0.2, 0.25) is 10.0 Å². The van der Waals surface area contributed by atoms with E-state index in [1.807, 2.05) is 0 Å². The topological polar surface area (TPSA) is 126 Å². The molecular formula is C29H27Cl2F3N6O4S2. The SMILES string of the molecule is CCN(CC)S(=O)(=O)c1ccc(C(=O)NCc2nnc(SCC(=O)Nc3cc(C(F)(F)F)ccc3Cl)n2-c2cccc(Cl)c2)cc1. The highest BCUT2D eigenvalue weighted by Gasteiger charge is 2.31. The molecular weight excluding hydrogens is 688 g/mol. The highest BCUT2D eigenvalue weighted by molar-refractivity contribution is 7.99. The molecule has 3 aromatic carbocycles. The predicted molar refractivity (Wildman–Crippen MR) is 170 cm³/mol. The summed E-state index contributed by atoms with van der Waals surface area (Å²) in [5.74, 6) is -1.13. The Morgan fingerprint density at radius 1 is 0.978 bits per heavy atom. The van der Waals surface area contributed by atoms with Crippen LogP contribution in [0, 0.1) is 0 Å². The first-order valence-electron chi connectivity index (χ1n) is 13.6. The number of sulfonamides is 1. The van der Waals surface area contributed by atoms with E-state index in [9.17, 15) is 31.2 Å². The number of rotatable bonds is 12. The van der Waals surface area contributed by atoms with Gasteiger partial charge in [-0.3, -0.25) is 14.2 Å². The summed E-state index contributed by atoms with van der Waals surface area (Å²) in [7, 11) is -3.69. The van der Waals surface area contributed by atoms with E-state index in [0.29, 0.717) is 23.8 Å². The Bertz CT molecular complexity index is 1830. The molecule has 244 valence electrons. The van der Waals surface area contributed by atoms with Gasteiger partial charge in [-0.05, 0) is 60.7 Å². The number of nitrogens with zero attached hydrogens (tertiary/aromatic N) is 4. The zero-order valence-corrected chi connectivity index (χ0v) is 27.5. The maximum absolute atomic E-state index is 13.1. The first-order valence-corrected chi connectivity index (χ1v) is 16.8. The van der Waals surface area contributed by atoms with Gasteiger partial charge in [0, 0.05) is 23.7 Å². The average Bonchev–Trinajstić information content (AvgIpc) is 3.42. The Hall–Kier alpha value is -3.63. The van der Waals surface area contributed by atoms with Gasteiger partial charge in [-0.1, -0.05) is 54.9 Å². The molecule has 10 nitrogen and oxygen atoms in total. The highest BCUT2D eigenvalue weighted by atomic mass is 35.5. The van der Waals surface area contributed by atoms with Gasteiger partial charge in [-0.15, -0.1) is 10.2 Å². The predicted octanol–water partition coefficient (Wildman–Crippen LogP) is 6.28. The summed E-state index contributed by atoms with van der Waals surface area (Å²) in [4.78, 5) is 25.7. The summed E-state index contributed by atoms with van der Waals surface area (Å²) >= 11 is 13.1. The van der Waals surface area contributed by atoms with Crippen molar-refractivity contribution < 1.29 is 31.2 Å². The number of aromatic nitrogens is 3. The van der Waals surface area contributed by atoms with Crippen LogP contribution in [-0.2, 0) is 27.5 Å². The maximum Gasteiger partial charge on any atom is 0.416 e. The van der Waals surface area contributed by atoms with Crippen LogP contribution in [0.3, 0.4) is 0 Å². The Kier molecular flexibility index (Phi) is 11.4. The molecule has 4 aromatic rings. The van der Waals surface area contributed by atoms with Crippen LogP contribution in [0.1, 0.15) is 35.6 Å². The summed E-state index contributed by atoms with van der Waals surface area (Å²) in [6.45, 7) is 3.98. The third-order valence-corrected chi connectivity index (χ3v) is 10.1. The van der Waals surface area contributed by atoms with Crippen LogP contribution in [0.5, 0.6) is 0 Å². The zero-order chi connectivity index (χ0) is 33.6. The number of alkyl halides is 3. The largest absolute Gasteiger partial charge is 0.416 e. The van der Waals surface area contributed by atoms with Crippen LogP contribution in [-0.4, -0.2) is 58.1 Å². The van der Waals surface area contributed by atoms with E-state index in [1.165, 1.54) is 28.6 Å². The van der Waals surface area contributed by atoms with Crippen LogP contribution in [0.4, 0.5) is 18.9 Å². The molecule has 0 unspecified atom stereocenters. The number of hydrogen-bond donors (Lipinski definition) is 2. The Balaban J connectivity index is 1.49. The van der Waals surface area contributed by atoms with Gasteiger partial charge in [0.05, 0.1) is 39.2 Å². The van der Waals surface area contributed by atoms with Crippen molar-refractivity contribution in [2.24, 2.45) is 0 Å². The third kappa shape index (κ3) is 8.39. The molecule has 0 saturated heterocycles. The Morgan fingerprint density at radius 3 is 2.30 bits per heavy atom. The standard InChI is InChI=1S/C29H27Cl2F3N6O4S2/c1-3-39(4-2)46(43,44)22-11-8-18(9-12-22)27(42)35-16-25-37-38-28(40(25)21-7-5-6-20(30)15-21)45-17-26(41)36-24-14-19(29(32,33)34)10-13-23(24)31/h5-15H,3-4,16-17H2,1-2H3,(H,35,42)(H,36,41). The van der Waals surface area contributed by atoms with E-state index in [4.69, 9.17) is 23.2 Å². The molecule has 0 radical (unpaired) electrons. The normalized spacial score (nSPS) is 11.9. The van der Waals surface area contributed by atoms with Crippen LogP contribution < -0.4 is 10.6 Å². The maximum atomic E-state index is 13.1. The molecule has 0 fully saturated rings. The molecule has 1 heterocycles. The fraction of sp³-hybridized carbons (Fsp3) is 0.241. The molecule has 0 aliphatic heterocycles. The van der Waals surface area contributed by atoms with Crippen molar-refractivity contribution >= 4 is 62.5 Å². The first-order chi connectivity index (χ1) is 21.7. The summed E-state index contributed by atoms with van der Waals surface area (Å²) in [6, 6.07) is 14.8. The van der Waals surface area contributed by atoms with Gasteiger partial charge in [0.2, 0.25) is 15.9 Å². The second-order valence-electron chi connectivity index (χ2n) is 9.54. The van der Waals surface area contributed by atoms with Crippen molar-refractivity contribution in [1.82, 2.24) is 24.4 Å². The van der Waals surface area contributed by atoms with Crippen LogP contribution >= 0.6 is 35.0 Å². The number of carbonyl (C=O) groups is 2. The number of anilines is 1. The lowest BCUT2D eigenvalue weighted by atomic mass is 10.2. The monoisotopic (exact) mass is 714 g/mol. The molecule has 46 heavy (non-hydrogen) atoms. The number of hydrogen-bond acceptors (Lipinski definition) is 7. The van der Waals surface area contributed by atoms with E-state index in [1.54, 1.807) is 42.7 Å². The molecule has 1 aromatic heterocycles. The lowest BCUT2D eigenvalue weighted by Crippen LogP contribution is -2.30. The number of amides is 2. The molecule has 0 aliphatic rings. The van der Waals surface area contributed by atoms with Crippen molar-refractivity contribution in [3.8, 4) is 5.69 Å². The zero-order valence-electron chi connectivity index (χ0n) is 24.3. The second kappa shape index (κ2) is 14.9. The molecule has 0 bridgehead atoms. The number of halogens is 5. The van der Waals surface area contributed by atoms with Gasteiger partial charge in [0.25, 0.3) is 5.91 Å². The van der Waals surface area contributed by atoms with Gasteiger partial charge in [-0.25, -0.2) is 8.42 Å². The fourth-order valence-electron chi connectivity index (χ4n) is 4.25. The molecule has 0 saturated carbocycles. The average molecular weight is 716 g/mol. The van der Waals surface area contributed by atoms with Gasteiger partial charge >= 0.3 is 6.18 Å². The molecule has 17 heteroatoms. The molecule has 0 spiro atoms. The van der Waals surface area contributed by atoms with Crippen molar-refractivity contribution in [3.05, 3.63) is 93.7 Å². The number of nitrogens with one attached hydrogen (secondary N) is 2. The van der Waals surface area contributed by atoms with Gasteiger partial charge in [-0.2, -0.15) is 17.5 Å². The van der Waals surface area contributed by atoms with Crippen molar-refractivity contribution in [2.45, 2.75) is 36.6 Å². The molecule has 0 aliphatic carbocycles. The van der Waals surface area contributed by atoms with Gasteiger partial charge in [0.15, 0.2) is 11.0 Å². The first kappa shape index (κ1) is 35.2. The van der Waals surface area contributed by atoms with Gasteiger partial charge in [0.1, 0.15) is 0 Å². The lowest BCUT2D eigenvalue weighted by molar-refractivity contribution is -0.137. The number of thioether (sulfide) groups is 1. The number of carbonyl (C=O) groups excluding carboxylic acids is 2. The molecule has 2 N–H and O–H groups in total. The minimum atomic E-state index is -4.62. The smallest absolute Gasteiger partial charge is 0.345 e. The van der Waals surface area contributed by atoms with Crippen molar-refractivity contribution in [2.75, 3.05) is 24.2 Å². The quantitative estimate of drug-likeness (QED) is 0.165. The minimum absolute atomic E-state index is 0.0633.